The largest absolute Gasteiger partial charge is 0.494 e. The van der Waals surface area contributed by atoms with Crippen molar-refractivity contribution in [2.75, 3.05) is 38.2 Å². The van der Waals surface area contributed by atoms with Crippen LogP contribution in [0.2, 0.25) is 0 Å². The first kappa shape index (κ1) is 11.1. The standard InChI is InChI=1S/C11H14F2N2O/c1-16-9-3-2-8(12)11(10(9)13)15-6-4-14-5-7-15/h2-3,14H,4-7H2,1H3. The minimum atomic E-state index is -0.621. The normalized spacial score (nSPS) is 16.3. The minimum Gasteiger partial charge on any atom is -0.494 e. The zero-order valence-electron chi connectivity index (χ0n) is 9.09. The lowest BCUT2D eigenvalue weighted by Crippen LogP contribution is -2.44. The van der Waals surface area contributed by atoms with Gasteiger partial charge in [-0.2, -0.15) is 0 Å². The topological polar surface area (TPSA) is 24.5 Å². The fraction of sp³-hybridized carbons (Fsp3) is 0.455. The van der Waals surface area contributed by atoms with Crippen LogP contribution in [0.1, 0.15) is 0 Å². The van der Waals surface area contributed by atoms with Crippen molar-refractivity contribution in [2.24, 2.45) is 0 Å². The second kappa shape index (κ2) is 4.65. The molecule has 3 nitrogen and oxygen atoms in total. The molecule has 0 amide bonds. The molecule has 0 spiro atoms. The van der Waals surface area contributed by atoms with E-state index in [0.29, 0.717) is 13.1 Å². The number of ether oxygens (including phenoxy) is 1. The van der Waals surface area contributed by atoms with Crippen LogP contribution in [-0.2, 0) is 0 Å². The molecule has 1 aliphatic heterocycles. The zero-order valence-corrected chi connectivity index (χ0v) is 9.09. The fourth-order valence-electron chi connectivity index (χ4n) is 1.86. The van der Waals surface area contributed by atoms with Crippen LogP contribution < -0.4 is 15.0 Å². The molecule has 0 bridgehead atoms. The maximum Gasteiger partial charge on any atom is 0.191 e. The highest BCUT2D eigenvalue weighted by molar-refractivity contribution is 5.54. The summed E-state index contributed by atoms with van der Waals surface area (Å²) in [4.78, 5) is 1.70. The monoisotopic (exact) mass is 228 g/mol. The molecule has 1 aromatic carbocycles. The van der Waals surface area contributed by atoms with Crippen molar-refractivity contribution in [2.45, 2.75) is 0 Å². The van der Waals surface area contributed by atoms with E-state index in [-0.39, 0.29) is 11.4 Å². The molecule has 1 aliphatic rings. The molecule has 5 heteroatoms. The number of halogens is 2. The van der Waals surface area contributed by atoms with E-state index in [4.69, 9.17) is 4.74 Å². The Balaban J connectivity index is 2.37. The highest BCUT2D eigenvalue weighted by Gasteiger charge is 2.21. The number of hydrogen-bond acceptors (Lipinski definition) is 3. The van der Waals surface area contributed by atoms with Crippen molar-refractivity contribution in [3.8, 4) is 5.75 Å². The van der Waals surface area contributed by atoms with Gasteiger partial charge in [0.2, 0.25) is 0 Å². The molecule has 1 fully saturated rings. The van der Waals surface area contributed by atoms with E-state index in [1.807, 2.05) is 0 Å². The third-order valence-corrected chi connectivity index (χ3v) is 2.68. The smallest absolute Gasteiger partial charge is 0.191 e. The van der Waals surface area contributed by atoms with Gasteiger partial charge in [-0.05, 0) is 12.1 Å². The van der Waals surface area contributed by atoms with Gasteiger partial charge in [-0.15, -0.1) is 0 Å². The molecule has 2 rings (SSSR count). The molecule has 1 aromatic rings. The summed E-state index contributed by atoms with van der Waals surface area (Å²) in [6, 6.07) is 2.54. The van der Waals surface area contributed by atoms with Crippen molar-refractivity contribution in [3.63, 3.8) is 0 Å². The highest BCUT2D eigenvalue weighted by Crippen LogP contribution is 2.30. The van der Waals surface area contributed by atoms with E-state index in [9.17, 15) is 8.78 Å². The SMILES string of the molecule is COc1ccc(F)c(N2CCNCC2)c1F. The first-order valence-electron chi connectivity index (χ1n) is 5.21. The molecule has 0 aliphatic carbocycles. The van der Waals surface area contributed by atoms with Crippen molar-refractivity contribution < 1.29 is 13.5 Å². The Morgan fingerprint density at radius 3 is 2.56 bits per heavy atom. The van der Waals surface area contributed by atoms with Crippen LogP contribution in [0, 0.1) is 11.6 Å². The van der Waals surface area contributed by atoms with Crippen molar-refractivity contribution in [1.82, 2.24) is 5.32 Å². The highest BCUT2D eigenvalue weighted by atomic mass is 19.1. The van der Waals surface area contributed by atoms with E-state index < -0.39 is 11.6 Å². The maximum atomic E-state index is 13.9. The van der Waals surface area contributed by atoms with Gasteiger partial charge in [0.15, 0.2) is 11.6 Å². The Labute approximate surface area is 93.0 Å². The number of anilines is 1. The molecule has 1 saturated heterocycles. The van der Waals surface area contributed by atoms with Crippen LogP contribution in [0.5, 0.6) is 5.75 Å². The number of methoxy groups -OCH3 is 1. The van der Waals surface area contributed by atoms with E-state index in [1.165, 1.54) is 19.2 Å². The third-order valence-electron chi connectivity index (χ3n) is 2.68. The number of nitrogens with one attached hydrogen (secondary N) is 1. The molecule has 0 aromatic heterocycles. The number of rotatable bonds is 2. The Kier molecular flexibility index (Phi) is 3.24. The quantitative estimate of drug-likeness (QED) is 0.827. The molecule has 0 saturated carbocycles. The number of nitrogens with zero attached hydrogens (tertiary/aromatic N) is 1. The summed E-state index contributed by atoms with van der Waals surface area (Å²) in [5, 5.41) is 3.13. The summed E-state index contributed by atoms with van der Waals surface area (Å²) < 4.78 is 32.3. The average molecular weight is 228 g/mol. The summed E-state index contributed by atoms with van der Waals surface area (Å²) >= 11 is 0. The molecule has 0 atom stereocenters. The molecule has 0 radical (unpaired) electrons. The lowest BCUT2D eigenvalue weighted by atomic mass is 10.2. The zero-order chi connectivity index (χ0) is 11.5. The third kappa shape index (κ3) is 1.95. The van der Waals surface area contributed by atoms with Gasteiger partial charge in [0.1, 0.15) is 11.5 Å². The van der Waals surface area contributed by atoms with Gasteiger partial charge < -0.3 is 15.0 Å². The average Bonchev–Trinajstić information content (AvgIpc) is 2.31. The van der Waals surface area contributed by atoms with Gasteiger partial charge in [-0.25, -0.2) is 8.78 Å². The molecule has 0 unspecified atom stereocenters. The summed E-state index contributed by atoms with van der Waals surface area (Å²) in [7, 11) is 1.37. The van der Waals surface area contributed by atoms with Crippen LogP contribution in [0.15, 0.2) is 12.1 Å². The Morgan fingerprint density at radius 2 is 1.94 bits per heavy atom. The van der Waals surface area contributed by atoms with Crippen LogP contribution in [-0.4, -0.2) is 33.3 Å². The molecule has 1 N–H and O–H groups in total. The van der Waals surface area contributed by atoms with Crippen molar-refractivity contribution in [3.05, 3.63) is 23.8 Å². The van der Waals surface area contributed by atoms with E-state index >= 15 is 0 Å². The minimum absolute atomic E-state index is 0.0147. The lowest BCUT2D eigenvalue weighted by Gasteiger charge is -2.30. The summed E-state index contributed by atoms with van der Waals surface area (Å²) in [6.45, 7) is 2.66. The van der Waals surface area contributed by atoms with Gasteiger partial charge in [-0.1, -0.05) is 0 Å². The maximum absolute atomic E-state index is 13.9. The Hall–Kier alpha value is -1.36. The Bertz CT molecular complexity index is 378. The van der Waals surface area contributed by atoms with Crippen molar-refractivity contribution >= 4 is 5.69 Å². The Morgan fingerprint density at radius 1 is 1.25 bits per heavy atom. The predicted molar refractivity (Wildman–Crippen MR) is 58.0 cm³/mol. The molecule has 16 heavy (non-hydrogen) atoms. The van der Waals surface area contributed by atoms with E-state index in [2.05, 4.69) is 5.32 Å². The number of benzene rings is 1. The van der Waals surface area contributed by atoms with Crippen LogP contribution in [0.25, 0.3) is 0 Å². The second-order valence-corrected chi connectivity index (χ2v) is 3.65. The molecule has 1 heterocycles. The molecule has 88 valence electrons. The fourth-order valence-corrected chi connectivity index (χ4v) is 1.86. The second-order valence-electron chi connectivity index (χ2n) is 3.65. The van der Waals surface area contributed by atoms with Crippen LogP contribution in [0.3, 0.4) is 0 Å². The summed E-state index contributed by atoms with van der Waals surface area (Å²) in [6.07, 6.45) is 0. The van der Waals surface area contributed by atoms with Gasteiger partial charge in [0, 0.05) is 26.2 Å². The summed E-state index contributed by atoms with van der Waals surface area (Å²) in [5.74, 6) is -1.08. The van der Waals surface area contributed by atoms with Crippen LogP contribution in [0.4, 0.5) is 14.5 Å². The van der Waals surface area contributed by atoms with E-state index in [1.54, 1.807) is 4.90 Å². The molecular formula is C11H14F2N2O. The molecular weight excluding hydrogens is 214 g/mol. The predicted octanol–water partition coefficient (Wildman–Crippen LogP) is 1.38. The van der Waals surface area contributed by atoms with Crippen LogP contribution >= 0.6 is 0 Å². The number of piperazine rings is 1. The lowest BCUT2D eigenvalue weighted by molar-refractivity contribution is 0.383. The first-order valence-corrected chi connectivity index (χ1v) is 5.21. The summed E-state index contributed by atoms with van der Waals surface area (Å²) in [5.41, 5.74) is 0.0147. The first-order chi connectivity index (χ1) is 7.74. The number of hydrogen-bond donors (Lipinski definition) is 1. The van der Waals surface area contributed by atoms with Gasteiger partial charge in [0.25, 0.3) is 0 Å². The van der Waals surface area contributed by atoms with Crippen molar-refractivity contribution in [1.29, 1.82) is 0 Å². The van der Waals surface area contributed by atoms with E-state index in [0.717, 1.165) is 13.1 Å². The van der Waals surface area contributed by atoms with Gasteiger partial charge in [0.05, 0.1) is 7.11 Å². The van der Waals surface area contributed by atoms with Gasteiger partial charge in [-0.3, -0.25) is 0 Å². The van der Waals surface area contributed by atoms with Gasteiger partial charge >= 0.3 is 0 Å².